The third-order valence-electron chi connectivity index (χ3n) is 3.72. The highest BCUT2D eigenvalue weighted by Gasteiger charge is 2.36. The predicted octanol–water partition coefficient (Wildman–Crippen LogP) is 0.694. The Morgan fingerprint density at radius 2 is 2.09 bits per heavy atom. The van der Waals surface area contributed by atoms with Crippen LogP contribution in [0.3, 0.4) is 0 Å². The van der Waals surface area contributed by atoms with Gasteiger partial charge in [-0.15, -0.1) is 0 Å². The molecule has 0 aromatic heterocycles. The number of rotatable bonds is 5. The van der Waals surface area contributed by atoms with E-state index >= 15 is 0 Å². The van der Waals surface area contributed by atoms with Crippen LogP contribution in [-0.4, -0.2) is 53.7 Å². The van der Waals surface area contributed by atoms with Crippen molar-refractivity contribution in [2.24, 2.45) is 0 Å². The van der Waals surface area contributed by atoms with Gasteiger partial charge in [0.05, 0.1) is 13.1 Å². The Hall–Kier alpha value is -2.15. The second kappa shape index (κ2) is 7.41. The second-order valence-corrected chi connectivity index (χ2v) is 5.80. The van der Waals surface area contributed by atoms with E-state index in [1.165, 1.54) is 36.1 Å². The lowest BCUT2D eigenvalue weighted by atomic mass is 9.93. The smallest absolute Gasteiger partial charge is 0.242 e. The van der Waals surface area contributed by atoms with Crippen molar-refractivity contribution in [1.82, 2.24) is 10.2 Å². The van der Waals surface area contributed by atoms with Gasteiger partial charge in [0.2, 0.25) is 11.8 Å². The van der Waals surface area contributed by atoms with Crippen LogP contribution in [0.1, 0.15) is 19.8 Å². The van der Waals surface area contributed by atoms with Crippen molar-refractivity contribution in [2.45, 2.75) is 25.4 Å². The van der Waals surface area contributed by atoms with E-state index in [0.717, 1.165) is 0 Å². The van der Waals surface area contributed by atoms with Gasteiger partial charge in [0.1, 0.15) is 23.8 Å². The number of nitrogens with one attached hydrogen (secondary N) is 1. The molecular formula is C16H21FN2O4. The molecule has 1 aromatic rings. The van der Waals surface area contributed by atoms with Crippen LogP contribution in [-0.2, 0) is 9.59 Å². The molecule has 6 nitrogen and oxygen atoms in total. The summed E-state index contributed by atoms with van der Waals surface area (Å²) in [5, 5.41) is 13.1. The van der Waals surface area contributed by atoms with E-state index in [0.29, 0.717) is 25.1 Å². The molecule has 1 aliphatic rings. The maximum Gasteiger partial charge on any atom is 0.242 e. The summed E-state index contributed by atoms with van der Waals surface area (Å²) in [5.41, 5.74) is -1.15. The molecule has 1 atom stereocenters. The number of benzene rings is 1. The zero-order chi connectivity index (χ0) is 16.9. The fourth-order valence-corrected chi connectivity index (χ4v) is 2.50. The minimum atomic E-state index is -1.15. The minimum absolute atomic E-state index is 0.0164. The van der Waals surface area contributed by atoms with Gasteiger partial charge in [0, 0.05) is 13.5 Å². The molecule has 1 unspecified atom stereocenters. The van der Waals surface area contributed by atoms with E-state index in [1.807, 2.05) is 0 Å². The van der Waals surface area contributed by atoms with Crippen LogP contribution in [0.25, 0.3) is 0 Å². The van der Waals surface area contributed by atoms with Crippen molar-refractivity contribution < 1.29 is 23.8 Å². The average molecular weight is 324 g/mol. The number of nitrogens with zero attached hydrogens (tertiary/aromatic N) is 1. The van der Waals surface area contributed by atoms with Gasteiger partial charge in [0.15, 0.2) is 0 Å². The molecular weight excluding hydrogens is 303 g/mol. The molecule has 126 valence electrons. The van der Waals surface area contributed by atoms with Crippen LogP contribution >= 0.6 is 0 Å². The lowest BCUT2D eigenvalue weighted by Crippen LogP contribution is -2.54. The Morgan fingerprint density at radius 3 is 2.74 bits per heavy atom. The number of likely N-dealkylation sites (tertiary alicyclic amines) is 1. The number of aliphatic hydroxyl groups is 1. The highest BCUT2D eigenvalue weighted by Crippen LogP contribution is 2.23. The molecule has 1 saturated heterocycles. The fourth-order valence-electron chi connectivity index (χ4n) is 2.50. The quantitative estimate of drug-likeness (QED) is 0.835. The van der Waals surface area contributed by atoms with Gasteiger partial charge in [-0.05, 0) is 37.1 Å². The number of piperidine rings is 1. The summed E-state index contributed by atoms with van der Waals surface area (Å²) in [6, 6.07) is 5.54. The first-order valence-electron chi connectivity index (χ1n) is 7.51. The van der Waals surface area contributed by atoms with E-state index < -0.39 is 5.60 Å². The van der Waals surface area contributed by atoms with Gasteiger partial charge in [-0.25, -0.2) is 4.39 Å². The fraction of sp³-hybridized carbons (Fsp3) is 0.500. The molecule has 1 fully saturated rings. The predicted molar refractivity (Wildman–Crippen MR) is 81.3 cm³/mol. The van der Waals surface area contributed by atoms with Gasteiger partial charge in [-0.3, -0.25) is 9.59 Å². The number of halogens is 1. The number of carbonyl (C=O) groups is 2. The van der Waals surface area contributed by atoms with Gasteiger partial charge in [0.25, 0.3) is 0 Å². The molecule has 1 heterocycles. The van der Waals surface area contributed by atoms with E-state index in [1.54, 1.807) is 0 Å². The number of β-amino-alcohol motifs (C(OH)–C–C–N with tert-alkyl or cyclic N) is 1. The van der Waals surface area contributed by atoms with Gasteiger partial charge in [-0.2, -0.15) is 0 Å². The lowest BCUT2D eigenvalue weighted by molar-refractivity contribution is -0.140. The molecule has 2 amide bonds. The Bertz CT molecular complexity index is 564. The van der Waals surface area contributed by atoms with Crippen molar-refractivity contribution in [3.05, 3.63) is 30.1 Å². The summed E-state index contributed by atoms with van der Waals surface area (Å²) >= 11 is 0. The van der Waals surface area contributed by atoms with Crippen LogP contribution in [0.4, 0.5) is 4.39 Å². The van der Waals surface area contributed by atoms with E-state index in [4.69, 9.17) is 4.74 Å². The summed E-state index contributed by atoms with van der Waals surface area (Å²) < 4.78 is 18.4. The molecule has 0 radical (unpaired) electrons. The van der Waals surface area contributed by atoms with Gasteiger partial charge < -0.3 is 20.1 Å². The average Bonchev–Trinajstić information content (AvgIpc) is 2.52. The minimum Gasteiger partial charge on any atom is -0.491 e. The molecule has 1 aliphatic heterocycles. The number of hydrogen-bond donors (Lipinski definition) is 2. The first kappa shape index (κ1) is 17.2. The number of hydrogen-bond acceptors (Lipinski definition) is 4. The summed E-state index contributed by atoms with van der Waals surface area (Å²) in [5.74, 6) is -0.407. The monoisotopic (exact) mass is 324 g/mol. The van der Waals surface area contributed by atoms with E-state index in [9.17, 15) is 19.1 Å². The summed E-state index contributed by atoms with van der Waals surface area (Å²) in [6.07, 6.45) is 1.16. The van der Waals surface area contributed by atoms with Crippen LogP contribution in [0, 0.1) is 5.82 Å². The SMILES string of the molecule is CC(=O)NCC(=O)N1CCCC(O)(COc2ccc(F)cc2)C1. The number of carbonyl (C=O) groups excluding carboxylic acids is 2. The van der Waals surface area contributed by atoms with Crippen LogP contribution in [0.15, 0.2) is 24.3 Å². The topological polar surface area (TPSA) is 78.9 Å². The van der Waals surface area contributed by atoms with Crippen LogP contribution in [0.2, 0.25) is 0 Å². The molecule has 0 bridgehead atoms. The highest BCUT2D eigenvalue weighted by molar-refractivity contribution is 5.83. The van der Waals surface area contributed by atoms with Crippen molar-refractivity contribution in [2.75, 3.05) is 26.2 Å². The Kier molecular flexibility index (Phi) is 5.54. The van der Waals surface area contributed by atoms with Crippen molar-refractivity contribution in [3.63, 3.8) is 0 Å². The number of amides is 2. The summed E-state index contributed by atoms with van der Waals surface area (Å²) in [6.45, 7) is 1.97. The third-order valence-corrected chi connectivity index (χ3v) is 3.72. The zero-order valence-electron chi connectivity index (χ0n) is 13.0. The molecule has 0 saturated carbocycles. The van der Waals surface area contributed by atoms with E-state index in [2.05, 4.69) is 5.32 Å². The lowest BCUT2D eigenvalue weighted by Gasteiger charge is -2.39. The second-order valence-electron chi connectivity index (χ2n) is 5.80. The Morgan fingerprint density at radius 1 is 1.39 bits per heavy atom. The molecule has 0 aliphatic carbocycles. The molecule has 7 heteroatoms. The van der Waals surface area contributed by atoms with Gasteiger partial charge in [-0.1, -0.05) is 0 Å². The molecule has 2 N–H and O–H groups in total. The molecule has 0 spiro atoms. The molecule has 23 heavy (non-hydrogen) atoms. The maximum absolute atomic E-state index is 12.8. The largest absolute Gasteiger partial charge is 0.491 e. The van der Waals surface area contributed by atoms with Crippen molar-refractivity contribution in [1.29, 1.82) is 0 Å². The molecule has 1 aromatic carbocycles. The van der Waals surface area contributed by atoms with Crippen LogP contribution in [0.5, 0.6) is 5.75 Å². The van der Waals surface area contributed by atoms with Gasteiger partial charge >= 0.3 is 0 Å². The zero-order valence-corrected chi connectivity index (χ0v) is 13.0. The van der Waals surface area contributed by atoms with Crippen molar-refractivity contribution in [3.8, 4) is 5.75 Å². The number of ether oxygens (including phenoxy) is 1. The highest BCUT2D eigenvalue weighted by atomic mass is 19.1. The molecule has 2 rings (SSSR count). The standard InChI is InChI=1S/C16H21FN2O4/c1-12(20)18-9-15(21)19-8-2-7-16(22,10-19)11-23-14-5-3-13(17)4-6-14/h3-6,22H,2,7-11H2,1H3,(H,18,20). The first-order chi connectivity index (χ1) is 10.9. The van der Waals surface area contributed by atoms with E-state index in [-0.39, 0.29) is 37.3 Å². The Balaban J connectivity index is 1.88. The summed E-state index contributed by atoms with van der Waals surface area (Å²) in [7, 11) is 0. The van der Waals surface area contributed by atoms with Crippen molar-refractivity contribution >= 4 is 11.8 Å². The Labute approximate surface area is 134 Å². The third kappa shape index (κ3) is 5.21. The maximum atomic E-state index is 12.8. The summed E-state index contributed by atoms with van der Waals surface area (Å²) in [4.78, 5) is 24.4. The normalized spacial score (nSPS) is 20.9. The van der Waals surface area contributed by atoms with Crippen LogP contribution < -0.4 is 10.1 Å². The first-order valence-corrected chi connectivity index (χ1v) is 7.51.